The fourth-order valence-electron chi connectivity index (χ4n) is 4.33. The van der Waals surface area contributed by atoms with Crippen molar-refractivity contribution in [1.29, 1.82) is 0 Å². The number of fused-ring (bicyclic) bond motifs is 1. The number of rotatable bonds is 4. The van der Waals surface area contributed by atoms with E-state index in [1.54, 1.807) is 0 Å². The van der Waals surface area contributed by atoms with Crippen LogP contribution in [0.15, 0.2) is 24.3 Å². The van der Waals surface area contributed by atoms with E-state index in [9.17, 15) is 4.79 Å². The summed E-state index contributed by atoms with van der Waals surface area (Å²) in [6, 6.07) is 8.17. The molecule has 1 amide bonds. The zero-order valence-electron chi connectivity index (χ0n) is 16.4. The lowest BCUT2D eigenvalue weighted by Gasteiger charge is -2.33. The number of nitrogens with zero attached hydrogens (tertiary/aromatic N) is 3. The molecule has 0 spiro atoms. The second-order valence-electron chi connectivity index (χ2n) is 7.99. The molecule has 2 aliphatic rings. The minimum atomic E-state index is 0.146. The summed E-state index contributed by atoms with van der Waals surface area (Å²) in [7, 11) is 1.91. The van der Waals surface area contributed by atoms with E-state index in [2.05, 4.69) is 24.2 Å². The van der Waals surface area contributed by atoms with Crippen LogP contribution in [0.2, 0.25) is 0 Å². The average molecular weight is 367 g/mol. The van der Waals surface area contributed by atoms with Crippen LogP contribution in [-0.4, -0.2) is 40.3 Å². The number of amides is 1. The standard InChI is InChI=1S/C22H29N3O2/c1-16-9-11-18(12-10-16)27-15-17-6-5-13-25(14-17)22(26)21-19-7-3-4-8-20(19)23-24(21)2/h9-12,17H,3-8,13-15H2,1-2H3/t17-/m1/s1. The number of piperidine rings is 1. The van der Waals surface area contributed by atoms with Gasteiger partial charge in [0.05, 0.1) is 12.3 Å². The molecule has 0 saturated carbocycles. The summed E-state index contributed by atoms with van der Waals surface area (Å²) in [6.45, 7) is 4.34. The van der Waals surface area contributed by atoms with Gasteiger partial charge in [0.1, 0.15) is 11.4 Å². The third-order valence-corrected chi connectivity index (χ3v) is 5.83. The number of carbonyl (C=O) groups excluding carboxylic acids is 1. The monoisotopic (exact) mass is 367 g/mol. The van der Waals surface area contributed by atoms with E-state index in [0.29, 0.717) is 12.5 Å². The predicted octanol–water partition coefficient (Wildman–Crippen LogP) is 3.54. The van der Waals surface area contributed by atoms with E-state index < -0.39 is 0 Å². The van der Waals surface area contributed by atoms with Gasteiger partial charge in [-0.25, -0.2) is 0 Å². The summed E-state index contributed by atoms with van der Waals surface area (Å²) >= 11 is 0. The van der Waals surface area contributed by atoms with Crippen molar-refractivity contribution < 1.29 is 9.53 Å². The van der Waals surface area contributed by atoms with Crippen molar-refractivity contribution in [3.05, 3.63) is 46.8 Å². The third-order valence-electron chi connectivity index (χ3n) is 5.83. The topological polar surface area (TPSA) is 47.4 Å². The van der Waals surface area contributed by atoms with E-state index in [1.165, 1.54) is 17.5 Å². The first-order chi connectivity index (χ1) is 13.1. The Bertz CT molecular complexity index is 810. The number of benzene rings is 1. The highest BCUT2D eigenvalue weighted by Crippen LogP contribution is 2.26. The van der Waals surface area contributed by atoms with Gasteiger partial charge in [-0.3, -0.25) is 9.48 Å². The van der Waals surface area contributed by atoms with Gasteiger partial charge in [-0.15, -0.1) is 0 Å². The number of aromatic nitrogens is 2. The highest BCUT2D eigenvalue weighted by Gasteiger charge is 2.30. The Kier molecular flexibility index (Phi) is 5.19. The lowest BCUT2D eigenvalue weighted by molar-refractivity contribution is 0.0621. The van der Waals surface area contributed by atoms with Gasteiger partial charge in [0.25, 0.3) is 5.91 Å². The molecule has 4 rings (SSSR count). The Labute approximate surface area is 161 Å². The zero-order chi connectivity index (χ0) is 18.8. The molecule has 1 saturated heterocycles. The molecule has 0 unspecified atom stereocenters. The van der Waals surface area contributed by atoms with Crippen molar-refractivity contribution in [2.24, 2.45) is 13.0 Å². The molecule has 1 aliphatic carbocycles. The molecule has 2 heterocycles. The quantitative estimate of drug-likeness (QED) is 0.830. The Morgan fingerprint density at radius 3 is 2.78 bits per heavy atom. The predicted molar refractivity (Wildman–Crippen MR) is 105 cm³/mol. The van der Waals surface area contributed by atoms with Crippen molar-refractivity contribution in [2.75, 3.05) is 19.7 Å². The molecule has 1 atom stereocenters. The molecule has 0 radical (unpaired) electrons. The van der Waals surface area contributed by atoms with Crippen LogP contribution in [0.4, 0.5) is 0 Å². The van der Waals surface area contributed by atoms with Crippen molar-refractivity contribution in [3.8, 4) is 5.75 Å². The SMILES string of the molecule is Cc1ccc(OC[C@@H]2CCCN(C(=O)c3c4c(nn3C)CCCC4)C2)cc1. The summed E-state index contributed by atoms with van der Waals surface area (Å²) in [5.74, 6) is 1.44. The van der Waals surface area contributed by atoms with E-state index in [0.717, 1.165) is 62.3 Å². The summed E-state index contributed by atoms with van der Waals surface area (Å²) in [5.41, 5.74) is 4.36. The lowest BCUT2D eigenvalue weighted by atomic mass is 9.94. The number of hydrogen-bond acceptors (Lipinski definition) is 3. The first kappa shape index (κ1) is 18.1. The minimum Gasteiger partial charge on any atom is -0.493 e. The second-order valence-corrected chi connectivity index (χ2v) is 7.99. The number of aryl methyl sites for hydroxylation is 3. The number of carbonyl (C=O) groups is 1. The van der Waals surface area contributed by atoms with Gasteiger partial charge in [0.2, 0.25) is 0 Å². The van der Waals surface area contributed by atoms with Gasteiger partial charge in [0, 0.05) is 31.6 Å². The molecular formula is C22H29N3O2. The van der Waals surface area contributed by atoms with Crippen LogP contribution in [-0.2, 0) is 19.9 Å². The minimum absolute atomic E-state index is 0.146. The van der Waals surface area contributed by atoms with Crippen LogP contribution in [0.25, 0.3) is 0 Å². The fourth-order valence-corrected chi connectivity index (χ4v) is 4.33. The summed E-state index contributed by atoms with van der Waals surface area (Å²) in [5, 5.41) is 4.61. The average Bonchev–Trinajstić information content (AvgIpc) is 3.03. The molecule has 5 nitrogen and oxygen atoms in total. The zero-order valence-corrected chi connectivity index (χ0v) is 16.4. The largest absolute Gasteiger partial charge is 0.493 e. The van der Waals surface area contributed by atoms with Crippen LogP contribution in [0.5, 0.6) is 5.75 Å². The van der Waals surface area contributed by atoms with Crippen LogP contribution >= 0.6 is 0 Å². The van der Waals surface area contributed by atoms with Crippen LogP contribution in [0.1, 0.15) is 53.0 Å². The van der Waals surface area contributed by atoms with Gasteiger partial charge >= 0.3 is 0 Å². The smallest absolute Gasteiger partial charge is 0.272 e. The van der Waals surface area contributed by atoms with Gasteiger partial charge in [-0.05, 0) is 57.6 Å². The van der Waals surface area contributed by atoms with Crippen molar-refractivity contribution >= 4 is 5.91 Å². The van der Waals surface area contributed by atoms with Gasteiger partial charge in [-0.2, -0.15) is 5.10 Å². The van der Waals surface area contributed by atoms with Gasteiger partial charge in [-0.1, -0.05) is 17.7 Å². The number of likely N-dealkylation sites (tertiary alicyclic amines) is 1. The van der Waals surface area contributed by atoms with Crippen LogP contribution in [0.3, 0.4) is 0 Å². The molecule has 0 N–H and O–H groups in total. The molecule has 144 valence electrons. The highest BCUT2D eigenvalue weighted by atomic mass is 16.5. The first-order valence-corrected chi connectivity index (χ1v) is 10.2. The molecule has 1 aliphatic heterocycles. The molecule has 5 heteroatoms. The summed E-state index contributed by atoms with van der Waals surface area (Å²) in [4.78, 5) is 15.2. The maximum atomic E-state index is 13.2. The van der Waals surface area contributed by atoms with E-state index in [1.807, 2.05) is 28.8 Å². The second kappa shape index (κ2) is 7.75. The maximum Gasteiger partial charge on any atom is 0.272 e. The van der Waals surface area contributed by atoms with Crippen molar-refractivity contribution in [1.82, 2.24) is 14.7 Å². The van der Waals surface area contributed by atoms with E-state index in [4.69, 9.17) is 4.74 Å². The van der Waals surface area contributed by atoms with E-state index >= 15 is 0 Å². The molecule has 2 aromatic rings. The first-order valence-electron chi connectivity index (χ1n) is 10.2. The van der Waals surface area contributed by atoms with Crippen molar-refractivity contribution in [2.45, 2.75) is 45.4 Å². The number of ether oxygens (including phenoxy) is 1. The molecular weight excluding hydrogens is 338 g/mol. The lowest BCUT2D eigenvalue weighted by Crippen LogP contribution is -2.42. The fraction of sp³-hybridized carbons (Fsp3) is 0.545. The maximum absolute atomic E-state index is 13.2. The summed E-state index contributed by atoms with van der Waals surface area (Å²) in [6.07, 6.45) is 6.47. The Hall–Kier alpha value is -2.30. The van der Waals surface area contributed by atoms with Gasteiger partial charge in [0.15, 0.2) is 0 Å². The van der Waals surface area contributed by atoms with Crippen molar-refractivity contribution in [3.63, 3.8) is 0 Å². The third kappa shape index (κ3) is 3.87. The Morgan fingerprint density at radius 2 is 1.96 bits per heavy atom. The van der Waals surface area contributed by atoms with E-state index in [-0.39, 0.29) is 5.91 Å². The Morgan fingerprint density at radius 1 is 1.19 bits per heavy atom. The summed E-state index contributed by atoms with van der Waals surface area (Å²) < 4.78 is 7.79. The molecule has 1 aromatic heterocycles. The molecule has 1 fully saturated rings. The highest BCUT2D eigenvalue weighted by molar-refractivity contribution is 5.94. The molecule has 1 aromatic carbocycles. The van der Waals surface area contributed by atoms with Gasteiger partial charge < -0.3 is 9.64 Å². The number of hydrogen-bond donors (Lipinski definition) is 0. The normalized spacial score (nSPS) is 19.6. The molecule has 0 bridgehead atoms. The van der Waals surface area contributed by atoms with Crippen LogP contribution in [0, 0.1) is 12.8 Å². The van der Waals surface area contributed by atoms with Crippen LogP contribution < -0.4 is 4.74 Å². The molecule has 27 heavy (non-hydrogen) atoms. The Balaban J connectivity index is 1.41.